The van der Waals surface area contributed by atoms with Gasteiger partial charge in [0.2, 0.25) is 21.8 Å². The van der Waals surface area contributed by atoms with Crippen molar-refractivity contribution in [3.8, 4) is 17.1 Å². The molecule has 1 saturated carbocycles. The number of nitrogens with zero attached hydrogens (tertiary/aromatic N) is 4. The average Bonchev–Trinajstić information content (AvgIpc) is 3.28. The van der Waals surface area contributed by atoms with Crippen molar-refractivity contribution in [2.24, 2.45) is 0 Å². The Hall–Kier alpha value is -3.31. The van der Waals surface area contributed by atoms with Gasteiger partial charge in [-0.05, 0) is 66.6 Å². The van der Waals surface area contributed by atoms with Crippen LogP contribution in [0.3, 0.4) is 0 Å². The molecule has 0 aliphatic heterocycles. The molecule has 0 saturated heterocycles. The largest absolute Gasteiger partial charge is 0.497 e. The lowest BCUT2D eigenvalue weighted by Crippen LogP contribution is -2.36. The Morgan fingerprint density at radius 3 is 2.42 bits per heavy atom. The maximum atomic E-state index is 12.6. The van der Waals surface area contributed by atoms with Crippen LogP contribution in [0.4, 0.5) is 5.69 Å². The van der Waals surface area contributed by atoms with Crippen molar-refractivity contribution in [1.29, 1.82) is 0 Å². The number of hydrogen-bond acceptors (Lipinski definition) is 7. The van der Waals surface area contributed by atoms with Crippen molar-refractivity contribution in [3.63, 3.8) is 0 Å². The van der Waals surface area contributed by atoms with Crippen LogP contribution in [-0.2, 0) is 21.4 Å². The normalized spacial score (nSPS) is 14.7. The summed E-state index contributed by atoms with van der Waals surface area (Å²) in [4.78, 5) is 13.7. The summed E-state index contributed by atoms with van der Waals surface area (Å²) < 4.78 is 33.1. The van der Waals surface area contributed by atoms with Crippen molar-refractivity contribution < 1.29 is 17.9 Å². The summed E-state index contributed by atoms with van der Waals surface area (Å²) in [6.07, 6.45) is 4.97. The van der Waals surface area contributed by atoms with Gasteiger partial charge in [-0.25, -0.2) is 13.1 Å². The SMILES string of the molecule is COc1ccc(-c2nnn(CC(=O)Nc3ccc(S(=O)(=O)NC4CCCCC4)cc3)n2)cc1. The minimum Gasteiger partial charge on any atom is -0.497 e. The molecule has 10 nitrogen and oxygen atoms in total. The van der Waals surface area contributed by atoms with E-state index in [0.717, 1.165) is 37.7 Å². The van der Waals surface area contributed by atoms with Gasteiger partial charge in [0.15, 0.2) is 0 Å². The molecule has 1 heterocycles. The van der Waals surface area contributed by atoms with Gasteiger partial charge in [-0.15, -0.1) is 10.2 Å². The fourth-order valence-corrected chi connectivity index (χ4v) is 5.03. The first-order valence-corrected chi connectivity index (χ1v) is 12.3. The number of rotatable bonds is 8. The number of aromatic nitrogens is 4. The lowest BCUT2D eigenvalue weighted by Gasteiger charge is -2.22. The maximum Gasteiger partial charge on any atom is 0.248 e. The second-order valence-corrected chi connectivity index (χ2v) is 9.61. The van der Waals surface area contributed by atoms with Gasteiger partial charge in [-0.2, -0.15) is 4.80 Å². The fourth-order valence-electron chi connectivity index (χ4n) is 3.72. The third-order valence-corrected chi connectivity index (χ3v) is 7.00. The highest BCUT2D eigenvalue weighted by Gasteiger charge is 2.21. The molecule has 4 rings (SSSR count). The monoisotopic (exact) mass is 470 g/mol. The third-order valence-electron chi connectivity index (χ3n) is 5.46. The zero-order valence-electron chi connectivity index (χ0n) is 18.3. The second-order valence-electron chi connectivity index (χ2n) is 7.90. The fraction of sp³-hybridized carbons (Fsp3) is 0.364. The van der Waals surface area contributed by atoms with E-state index in [4.69, 9.17) is 4.74 Å². The predicted octanol–water partition coefficient (Wildman–Crippen LogP) is 2.60. The Labute approximate surface area is 192 Å². The number of tetrazole rings is 1. The highest BCUT2D eigenvalue weighted by Crippen LogP contribution is 2.21. The molecule has 1 aliphatic carbocycles. The first-order valence-electron chi connectivity index (χ1n) is 10.8. The Morgan fingerprint density at radius 1 is 1.06 bits per heavy atom. The molecule has 2 N–H and O–H groups in total. The molecule has 1 amide bonds. The molecule has 1 fully saturated rings. The molecule has 0 atom stereocenters. The van der Waals surface area contributed by atoms with Crippen LogP contribution in [0.25, 0.3) is 11.4 Å². The molecular formula is C22H26N6O4S. The molecule has 0 bridgehead atoms. The second kappa shape index (κ2) is 10.1. The Balaban J connectivity index is 1.33. The van der Waals surface area contributed by atoms with Crippen molar-refractivity contribution in [1.82, 2.24) is 24.9 Å². The Bertz CT molecular complexity index is 1190. The van der Waals surface area contributed by atoms with Crippen LogP contribution in [0.1, 0.15) is 32.1 Å². The van der Waals surface area contributed by atoms with Gasteiger partial charge in [0.05, 0.1) is 12.0 Å². The van der Waals surface area contributed by atoms with Crippen molar-refractivity contribution in [2.75, 3.05) is 12.4 Å². The lowest BCUT2D eigenvalue weighted by atomic mass is 9.96. The summed E-state index contributed by atoms with van der Waals surface area (Å²) in [6.45, 7) is -0.132. The molecule has 1 aliphatic rings. The molecule has 0 unspecified atom stereocenters. The predicted molar refractivity (Wildman–Crippen MR) is 122 cm³/mol. The number of nitrogens with one attached hydrogen (secondary N) is 2. The van der Waals surface area contributed by atoms with E-state index in [1.807, 2.05) is 0 Å². The summed E-state index contributed by atoms with van der Waals surface area (Å²) in [5, 5.41) is 14.8. The first-order chi connectivity index (χ1) is 15.9. The molecule has 0 spiro atoms. The number of carbonyl (C=O) groups is 1. The maximum absolute atomic E-state index is 12.6. The van der Waals surface area contributed by atoms with Crippen LogP contribution < -0.4 is 14.8 Å². The summed E-state index contributed by atoms with van der Waals surface area (Å²) in [5.74, 6) is 0.754. The number of sulfonamides is 1. The summed E-state index contributed by atoms with van der Waals surface area (Å²) in [7, 11) is -2.00. The van der Waals surface area contributed by atoms with Crippen LogP contribution in [0.2, 0.25) is 0 Å². The van der Waals surface area contributed by atoms with E-state index >= 15 is 0 Å². The number of methoxy groups -OCH3 is 1. The van der Waals surface area contributed by atoms with Crippen LogP contribution in [0, 0.1) is 0 Å². The first kappa shape index (κ1) is 22.9. The minimum absolute atomic E-state index is 0.0129. The van der Waals surface area contributed by atoms with Crippen LogP contribution in [0.15, 0.2) is 53.4 Å². The smallest absolute Gasteiger partial charge is 0.248 e. The topological polar surface area (TPSA) is 128 Å². The molecule has 11 heteroatoms. The van der Waals surface area contributed by atoms with Crippen molar-refractivity contribution in [3.05, 3.63) is 48.5 Å². The van der Waals surface area contributed by atoms with Gasteiger partial charge in [-0.3, -0.25) is 4.79 Å². The minimum atomic E-state index is -3.58. The zero-order chi connectivity index (χ0) is 23.3. The van der Waals surface area contributed by atoms with E-state index in [9.17, 15) is 13.2 Å². The van der Waals surface area contributed by atoms with Gasteiger partial charge >= 0.3 is 0 Å². The highest BCUT2D eigenvalue weighted by molar-refractivity contribution is 7.89. The van der Waals surface area contributed by atoms with Gasteiger partial charge in [0.1, 0.15) is 12.3 Å². The quantitative estimate of drug-likeness (QED) is 0.518. The van der Waals surface area contributed by atoms with Crippen LogP contribution in [-0.4, -0.2) is 47.7 Å². The van der Waals surface area contributed by atoms with Crippen LogP contribution in [0.5, 0.6) is 5.75 Å². The zero-order valence-corrected chi connectivity index (χ0v) is 19.1. The average molecular weight is 471 g/mol. The van der Waals surface area contributed by atoms with E-state index in [-0.39, 0.29) is 23.4 Å². The van der Waals surface area contributed by atoms with Gasteiger partial charge < -0.3 is 10.1 Å². The summed E-state index contributed by atoms with van der Waals surface area (Å²) in [5.41, 5.74) is 1.23. The highest BCUT2D eigenvalue weighted by atomic mass is 32.2. The molecule has 1 aromatic heterocycles. The number of hydrogen-bond donors (Lipinski definition) is 2. The summed E-state index contributed by atoms with van der Waals surface area (Å²) >= 11 is 0. The van der Waals surface area contributed by atoms with E-state index in [1.165, 1.54) is 16.9 Å². The number of benzene rings is 2. The molecule has 174 valence electrons. The lowest BCUT2D eigenvalue weighted by molar-refractivity contribution is -0.117. The summed E-state index contributed by atoms with van der Waals surface area (Å²) in [6, 6.07) is 13.3. The Morgan fingerprint density at radius 2 is 1.76 bits per heavy atom. The number of ether oxygens (including phenoxy) is 1. The van der Waals surface area contributed by atoms with Crippen molar-refractivity contribution in [2.45, 2.75) is 49.6 Å². The van der Waals surface area contributed by atoms with Gasteiger partial charge in [0, 0.05) is 17.3 Å². The Kier molecular flexibility index (Phi) is 6.99. The third kappa shape index (κ3) is 5.93. The van der Waals surface area contributed by atoms with Gasteiger partial charge in [0.25, 0.3) is 0 Å². The number of anilines is 1. The molecule has 2 aromatic carbocycles. The molecule has 0 radical (unpaired) electrons. The van der Waals surface area contributed by atoms with Crippen molar-refractivity contribution >= 4 is 21.6 Å². The van der Waals surface area contributed by atoms with E-state index in [0.29, 0.717) is 17.3 Å². The molecular weight excluding hydrogens is 444 g/mol. The number of carbonyl (C=O) groups excluding carboxylic acids is 1. The number of amides is 1. The molecule has 3 aromatic rings. The van der Waals surface area contributed by atoms with E-state index in [2.05, 4.69) is 25.4 Å². The van der Waals surface area contributed by atoms with E-state index < -0.39 is 10.0 Å². The van der Waals surface area contributed by atoms with Crippen LogP contribution >= 0.6 is 0 Å². The van der Waals surface area contributed by atoms with Gasteiger partial charge in [-0.1, -0.05) is 19.3 Å². The van der Waals surface area contributed by atoms with E-state index in [1.54, 1.807) is 43.5 Å². The molecule has 33 heavy (non-hydrogen) atoms. The standard InChI is InChI=1S/C22H26N6O4S/c1-32-19-11-7-16(8-12-19)22-24-27-28(25-22)15-21(29)23-17-9-13-20(14-10-17)33(30,31)26-18-5-3-2-4-6-18/h7-14,18,26H,2-6,15H2,1H3,(H,23,29).